The minimum atomic E-state index is -3.50. The molecule has 2 nitrogen and oxygen atoms in total. The number of hydrogen-bond acceptors (Lipinski definition) is 2. The second-order valence-electron chi connectivity index (χ2n) is 3.12. The number of halogens is 3. The maximum atomic E-state index is 12.7. The topological polar surface area (TPSA) is 18.5 Å². The van der Waals surface area contributed by atoms with Crippen molar-refractivity contribution in [1.82, 2.24) is 0 Å². The molecule has 2 rings (SSSR count). The van der Waals surface area contributed by atoms with Crippen LogP contribution in [0.15, 0.2) is 18.2 Å². The van der Waals surface area contributed by atoms with Crippen LogP contribution in [0.4, 0.5) is 8.78 Å². The average molecular weight is 328 g/mol. The molecule has 1 aliphatic heterocycles. The molecule has 0 aliphatic carbocycles. The summed E-state index contributed by atoms with van der Waals surface area (Å²) in [4.78, 5) is 2.19. The van der Waals surface area contributed by atoms with Gasteiger partial charge >= 0.3 is 93.9 Å². The van der Waals surface area contributed by atoms with Crippen LogP contribution in [0.1, 0.15) is 6.92 Å². The third kappa shape index (κ3) is 2.16. The van der Waals surface area contributed by atoms with E-state index in [0.717, 1.165) is 8.00 Å². The summed E-state index contributed by atoms with van der Waals surface area (Å²) in [6.07, 6.45) is -3.50. The molecule has 0 bridgehead atoms. The molecular weight excluding hydrogens is 317 g/mol. The van der Waals surface area contributed by atoms with Gasteiger partial charge in [0, 0.05) is 0 Å². The number of fused-ring (bicyclic) bond motifs is 1. The Morgan fingerprint density at radius 3 is 2.60 bits per heavy atom. The number of rotatable bonds is 2. The van der Waals surface area contributed by atoms with Crippen molar-refractivity contribution in [3.8, 4) is 11.5 Å². The SMILES string of the molecule is CCI(C)c1ccc2c(c1)OC(F)(F)O2. The second-order valence-corrected chi connectivity index (χ2v) is 9.25. The molecule has 0 fully saturated rings. The molecule has 5 heteroatoms. The molecule has 1 aliphatic rings. The van der Waals surface area contributed by atoms with Crippen molar-refractivity contribution in [2.75, 3.05) is 9.36 Å². The first-order valence-electron chi connectivity index (χ1n) is 4.47. The van der Waals surface area contributed by atoms with Gasteiger partial charge in [-0.25, -0.2) is 0 Å². The zero-order valence-corrected chi connectivity index (χ0v) is 10.5. The van der Waals surface area contributed by atoms with Gasteiger partial charge in [0.05, 0.1) is 0 Å². The van der Waals surface area contributed by atoms with Gasteiger partial charge in [-0.15, -0.1) is 0 Å². The van der Waals surface area contributed by atoms with Gasteiger partial charge < -0.3 is 0 Å². The van der Waals surface area contributed by atoms with Gasteiger partial charge in [-0.2, -0.15) is 0 Å². The van der Waals surface area contributed by atoms with Gasteiger partial charge in [0.1, 0.15) is 0 Å². The van der Waals surface area contributed by atoms with Gasteiger partial charge in [0.2, 0.25) is 0 Å². The quantitative estimate of drug-likeness (QED) is 0.612. The van der Waals surface area contributed by atoms with E-state index in [-0.39, 0.29) is 11.5 Å². The van der Waals surface area contributed by atoms with E-state index in [1.54, 1.807) is 12.1 Å². The van der Waals surface area contributed by atoms with E-state index < -0.39 is 26.1 Å². The fourth-order valence-corrected chi connectivity index (χ4v) is 3.77. The summed E-state index contributed by atoms with van der Waals surface area (Å²) in [5.41, 5.74) is 0. The zero-order valence-electron chi connectivity index (χ0n) is 8.39. The summed E-state index contributed by atoms with van der Waals surface area (Å²) in [5.74, 6) is 0.291. The first-order chi connectivity index (χ1) is 7.02. The Morgan fingerprint density at radius 1 is 1.27 bits per heavy atom. The molecule has 0 saturated carbocycles. The van der Waals surface area contributed by atoms with Crippen LogP contribution in [-0.4, -0.2) is 15.7 Å². The molecule has 0 radical (unpaired) electrons. The molecule has 1 heterocycles. The molecule has 1 aromatic carbocycles. The molecule has 0 unspecified atom stereocenters. The minimum absolute atomic E-state index is 0.129. The van der Waals surface area contributed by atoms with E-state index >= 15 is 0 Å². The van der Waals surface area contributed by atoms with Crippen molar-refractivity contribution < 1.29 is 18.3 Å². The molecule has 0 N–H and O–H groups in total. The third-order valence-corrected chi connectivity index (χ3v) is 7.22. The van der Waals surface area contributed by atoms with Crippen molar-refractivity contribution in [1.29, 1.82) is 0 Å². The zero-order chi connectivity index (χ0) is 11.1. The monoisotopic (exact) mass is 328 g/mol. The number of hydrogen-bond donors (Lipinski definition) is 0. The molecule has 0 aromatic heterocycles. The van der Waals surface area contributed by atoms with Gasteiger partial charge in [0.25, 0.3) is 0 Å². The Bertz CT molecular complexity index is 382. The van der Waals surface area contributed by atoms with E-state index in [4.69, 9.17) is 0 Å². The van der Waals surface area contributed by atoms with Crippen LogP contribution >= 0.6 is 19.8 Å². The summed E-state index contributed by atoms with van der Waals surface area (Å²) in [7, 11) is 0. The standard InChI is InChI=1S/C10H11F2IO2/c1-3-13(2)7-4-5-8-9(6-7)15-10(11,12)14-8/h4-6H,3H2,1-2H3. The Morgan fingerprint density at radius 2 is 1.93 bits per heavy atom. The van der Waals surface area contributed by atoms with E-state index in [1.165, 1.54) is 0 Å². The van der Waals surface area contributed by atoms with Crippen LogP contribution in [0.3, 0.4) is 0 Å². The van der Waals surface area contributed by atoms with Crippen LogP contribution < -0.4 is 9.47 Å². The molecule has 0 saturated heterocycles. The predicted molar refractivity (Wildman–Crippen MR) is 61.8 cm³/mol. The van der Waals surface area contributed by atoms with Crippen molar-refractivity contribution in [3.05, 3.63) is 21.8 Å². The number of alkyl halides is 4. The van der Waals surface area contributed by atoms with Gasteiger partial charge in [-0.1, -0.05) is 0 Å². The predicted octanol–water partition coefficient (Wildman–Crippen LogP) is 3.33. The summed E-state index contributed by atoms with van der Waals surface area (Å²) in [5, 5.41) is 0. The molecule has 0 spiro atoms. The molecular formula is C10H11F2IO2. The van der Waals surface area contributed by atoms with Crippen molar-refractivity contribution in [2.45, 2.75) is 13.2 Å². The van der Waals surface area contributed by atoms with Crippen LogP contribution in [0, 0.1) is 3.57 Å². The van der Waals surface area contributed by atoms with Crippen molar-refractivity contribution in [3.63, 3.8) is 0 Å². The van der Waals surface area contributed by atoms with E-state index in [9.17, 15) is 8.78 Å². The summed E-state index contributed by atoms with van der Waals surface area (Å²) in [6, 6.07) is 5.11. The molecule has 0 atom stereocenters. The van der Waals surface area contributed by atoms with Gasteiger partial charge in [-0.3, -0.25) is 0 Å². The fraction of sp³-hybridized carbons (Fsp3) is 0.400. The Labute approximate surface area is 94.0 Å². The average Bonchev–Trinajstić information content (AvgIpc) is 2.49. The van der Waals surface area contributed by atoms with E-state index in [1.807, 2.05) is 6.07 Å². The fourth-order valence-electron chi connectivity index (χ4n) is 1.28. The van der Waals surface area contributed by atoms with Crippen molar-refractivity contribution >= 4 is 19.8 Å². The summed E-state index contributed by atoms with van der Waals surface area (Å²) < 4.78 is 36.4. The van der Waals surface area contributed by atoms with Crippen LogP contribution in [0.25, 0.3) is 0 Å². The Kier molecular flexibility index (Phi) is 2.74. The summed E-state index contributed by atoms with van der Waals surface area (Å²) in [6.45, 7) is 2.12. The second kappa shape index (κ2) is 3.77. The van der Waals surface area contributed by atoms with Crippen LogP contribution in [0.5, 0.6) is 11.5 Å². The normalized spacial score (nSPS) is 17.7. The van der Waals surface area contributed by atoms with Gasteiger partial charge in [-0.05, 0) is 0 Å². The molecule has 15 heavy (non-hydrogen) atoms. The van der Waals surface area contributed by atoms with Crippen molar-refractivity contribution in [2.24, 2.45) is 0 Å². The molecule has 0 amide bonds. The Balaban J connectivity index is 2.30. The van der Waals surface area contributed by atoms with Crippen LogP contribution in [-0.2, 0) is 0 Å². The Hall–Kier alpha value is -0.590. The molecule has 1 aromatic rings. The molecule has 84 valence electrons. The number of benzene rings is 1. The van der Waals surface area contributed by atoms with Crippen LogP contribution in [0.2, 0.25) is 0 Å². The third-order valence-electron chi connectivity index (χ3n) is 2.14. The van der Waals surface area contributed by atoms with E-state index in [0.29, 0.717) is 0 Å². The van der Waals surface area contributed by atoms with Gasteiger partial charge in [0.15, 0.2) is 0 Å². The van der Waals surface area contributed by atoms with E-state index in [2.05, 4.69) is 21.3 Å². The first kappa shape index (κ1) is 10.9. The first-order valence-corrected chi connectivity index (χ1v) is 9.24. The maximum absolute atomic E-state index is 12.7. The number of ether oxygens (including phenoxy) is 2. The summed E-state index contributed by atoms with van der Waals surface area (Å²) >= 11 is -1.17.